The van der Waals surface area contributed by atoms with Crippen molar-refractivity contribution >= 4 is 0 Å². The first-order valence-corrected chi connectivity index (χ1v) is 24.0. The number of hydrogen-bond donors (Lipinski definition) is 0. The summed E-state index contributed by atoms with van der Waals surface area (Å²) in [5.74, 6) is 6.22. The zero-order valence-corrected chi connectivity index (χ0v) is 42.5. The molecule has 364 valence electrons. The zero-order valence-electron chi connectivity index (χ0n) is 42.5. The normalized spacial score (nSPS) is 15.7. The van der Waals surface area contributed by atoms with Gasteiger partial charge in [0.15, 0.2) is 11.6 Å². The third kappa shape index (κ3) is 9.26. The molecule has 0 N–H and O–H groups in total. The largest absolute Gasteiger partial charge is 0.496 e. The number of methoxy groups -OCH3 is 4. The Bertz CT molecular complexity index is 2940. The van der Waals surface area contributed by atoms with Gasteiger partial charge in [0, 0.05) is 48.4 Å². The topological polar surface area (TPSA) is 160 Å². The minimum Gasteiger partial charge on any atom is -0.496 e. The van der Waals surface area contributed by atoms with Gasteiger partial charge in [0.1, 0.15) is 45.9 Å². The Balaban J connectivity index is 0.000000174. The van der Waals surface area contributed by atoms with E-state index in [1.54, 1.807) is 41.1 Å². The number of pyridine rings is 2. The van der Waals surface area contributed by atoms with Gasteiger partial charge in [-0.25, -0.2) is 39.3 Å². The second-order valence-electron chi connectivity index (χ2n) is 20.1. The molecule has 2 aliphatic heterocycles. The summed E-state index contributed by atoms with van der Waals surface area (Å²) in [5, 5.41) is 9.67. The fourth-order valence-electron chi connectivity index (χ4n) is 9.72. The van der Waals surface area contributed by atoms with Gasteiger partial charge in [-0.15, -0.1) is 10.2 Å². The van der Waals surface area contributed by atoms with Crippen molar-refractivity contribution in [3.8, 4) is 57.7 Å². The molecule has 0 saturated heterocycles. The van der Waals surface area contributed by atoms with E-state index < -0.39 is 0 Å². The highest BCUT2D eigenvalue weighted by Gasteiger charge is 2.33. The van der Waals surface area contributed by atoms with Crippen LogP contribution in [0.4, 0.5) is 0 Å². The Morgan fingerprint density at radius 3 is 1.27 bits per heavy atom. The molecule has 0 spiro atoms. The smallest absolute Gasteiger partial charge is 0.238 e. The van der Waals surface area contributed by atoms with Crippen molar-refractivity contribution < 1.29 is 18.9 Å². The summed E-state index contributed by atoms with van der Waals surface area (Å²) in [6.07, 6.45) is 11.4. The Kier molecular flexibility index (Phi) is 13.1. The molecule has 8 aromatic rings. The van der Waals surface area contributed by atoms with Crippen molar-refractivity contribution in [2.24, 2.45) is 0 Å². The highest BCUT2D eigenvalue weighted by Crippen LogP contribution is 2.44. The molecule has 0 amide bonds. The molecular weight excluding hydrogens is 881 g/mol. The number of fused-ring (bicyclic) bond motifs is 2. The van der Waals surface area contributed by atoms with Gasteiger partial charge in [-0.05, 0) is 85.8 Å². The Morgan fingerprint density at radius 2 is 0.929 bits per heavy atom. The third-order valence-corrected chi connectivity index (χ3v) is 13.1. The SMILES string of the molecule is COc1nc(-c2nc3n(n2)CCC[C@@H]3c2cccc(C(C)(C)C)c2OC)ccc1-n1cnc(C)c1.COc1nc(-c2nc3n(n2)CCC[C@H]3c2cccc(C(C)(C)C)c2OC)ccc1-n1cnc(C)c1. The standard InChI is InChI=1S/2C27H32N6O2/c2*1-17-15-32(16-28-17)22-13-12-21(29-26(22)35-6)24-30-25-19(10-8-14-33(25)31-24)18-9-7-11-20(23(18)34-5)27(2,3)4/h2*7,9,11-13,15-16,19H,8,10,14H2,1-6H3/t2*19-/m10/s1. The lowest BCUT2D eigenvalue weighted by Crippen LogP contribution is -2.20. The van der Waals surface area contributed by atoms with Crippen molar-refractivity contribution in [2.45, 2.75) is 117 Å². The number of aryl methyl sites for hydroxylation is 4. The first-order valence-electron chi connectivity index (χ1n) is 24.0. The number of aromatic nitrogens is 12. The average Bonchev–Trinajstić information content (AvgIpc) is 4.19. The Labute approximate surface area is 410 Å². The lowest BCUT2D eigenvalue weighted by atomic mass is 9.81. The monoisotopic (exact) mass is 945 g/mol. The molecule has 0 saturated carbocycles. The van der Waals surface area contributed by atoms with Gasteiger partial charge in [-0.1, -0.05) is 77.9 Å². The average molecular weight is 945 g/mol. The van der Waals surface area contributed by atoms with Crippen LogP contribution in [0.2, 0.25) is 0 Å². The summed E-state index contributed by atoms with van der Waals surface area (Å²) in [5.41, 5.74) is 9.54. The van der Waals surface area contributed by atoms with Gasteiger partial charge in [0.2, 0.25) is 11.8 Å². The van der Waals surface area contributed by atoms with Crippen molar-refractivity contribution in [1.29, 1.82) is 0 Å². The summed E-state index contributed by atoms with van der Waals surface area (Å²) in [4.78, 5) is 28.1. The van der Waals surface area contributed by atoms with Gasteiger partial charge < -0.3 is 28.1 Å². The van der Waals surface area contributed by atoms with Crippen LogP contribution in [-0.2, 0) is 23.9 Å². The molecule has 0 aliphatic carbocycles. The van der Waals surface area contributed by atoms with Crippen molar-refractivity contribution in [3.05, 3.63) is 131 Å². The summed E-state index contributed by atoms with van der Waals surface area (Å²) in [6.45, 7) is 18.8. The lowest BCUT2D eigenvalue weighted by Gasteiger charge is -2.28. The van der Waals surface area contributed by atoms with Crippen LogP contribution in [0.25, 0.3) is 34.4 Å². The number of nitrogens with zero attached hydrogens (tertiary/aromatic N) is 12. The van der Waals surface area contributed by atoms with Crippen LogP contribution in [-0.4, -0.2) is 87.0 Å². The predicted molar refractivity (Wildman–Crippen MR) is 269 cm³/mol. The van der Waals surface area contributed by atoms with E-state index in [1.165, 1.54) is 11.1 Å². The van der Waals surface area contributed by atoms with Crippen LogP contribution < -0.4 is 18.9 Å². The van der Waals surface area contributed by atoms with Gasteiger partial charge in [-0.3, -0.25) is 0 Å². The van der Waals surface area contributed by atoms with Crippen LogP contribution in [0.1, 0.15) is 124 Å². The van der Waals surface area contributed by atoms with E-state index in [4.69, 9.17) is 49.1 Å². The molecule has 16 heteroatoms. The third-order valence-electron chi connectivity index (χ3n) is 13.1. The Morgan fingerprint density at radius 1 is 0.514 bits per heavy atom. The van der Waals surface area contributed by atoms with Gasteiger partial charge in [0.25, 0.3) is 0 Å². The number of rotatable bonds is 10. The summed E-state index contributed by atoms with van der Waals surface area (Å²) in [7, 11) is 6.75. The maximum Gasteiger partial charge on any atom is 0.238 e. The minimum absolute atomic E-state index is 0.0230. The molecule has 2 aliphatic rings. The fourth-order valence-corrected chi connectivity index (χ4v) is 9.72. The lowest BCUT2D eigenvalue weighted by molar-refractivity contribution is 0.380. The number of ether oxygens (including phenoxy) is 4. The highest BCUT2D eigenvalue weighted by molar-refractivity contribution is 5.58. The van der Waals surface area contributed by atoms with E-state index in [-0.39, 0.29) is 22.7 Å². The molecule has 0 fully saturated rings. The minimum atomic E-state index is -0.0230. The van der Waals surface area contributed by atoms with Crippen molar-refractivity contribution in [3.63, 3.8) is 0 Å². The number of benzene rings is 2. The van der Waals surface area contributed by atoms with E-state index in [9.17, 15) is 0 Å². The molecule has 0 radical (unpaired) electrons. The van der Waals surface area contributed by atoms with Crippen molar-refractivity contribution in [1.82, 2.24) is 58.6 Å². The van der Waals surface area contributed by atoms with Crippen LogP contribution in [0.5, 0.6) is 23.3 Å². The molecule has 2 aromatic carbocycles. The maximum absolute atomic E-state index is 5.96. The fraction of sp³-hybridized carbons (Fsp3) is 0.407. The van der Waals surface area contributed by atoms with E-state index in [0.717, 1.165) is 95.8 Å². The van der Waals surface area contributed by atoms with Crippen LogP contribution >= 0.6 is 0 Å². The molecular formula is C54H64N12O4. The second kappa shape index (κ2) is 19.2. The first-order chi connectivity index (χ1) is 33.6. The molecule has 0 bridgehead atoms. The van der Waals surface area contributed by atoms with E-state index in [1.807, 2.05) is 69.0 Å². The predicted octanol–water partition coefficient (Wildman–Crippen LogP) is 10.1. The number of imidazole rings is 2. The molecule has 16 nitrogen and oxygen atoms in total. The molecule has 6 aromatic heterocycles. The van der Waals surface area contributed by atoms with Crippen molar-refractivity contribution in [2.75, 3.05) is 28.4 Å². The van der Waals surface area contributed by atoms with Gasteiger partial charge in [0.05, 0.1) is 52.5 Å². The summed E-state index contributed by atoms with van der Waals surface area (Å²) >= 11 is 0. The molecule has 70 heavy (non-hydrogen) atoms. The van der Waals surface area contributed by atoms with Gasteiger partial charge in [-0.2, -0.15) is 0 Å². The van der Waals surface area contributed by atoms with Crippen LogP contribution in [0, 0.1) is 13.8 Å². The van der Waals surface area contributed by atoms with E-state index >= 15 is 0 Å². The van der Waals surface area contributed by atoms with Crippen LogP contribution in [0.3, 0.4) is 0 Å². The van der Waals surface area contributed by atoms with Crippen LogP contribution in [0.15, 0.2) is 85.7 Å². The number of para-hydroxylation sites is 2. The maximum atomic E-state index is 5.96. The summed E-state index contributed by atoms with van der Waals surface area (Å²) in [6, 6.07) is 20.7. The summed E-state index contributed by atoms with van der Waals surface area (Å²) < 4.78 is 31.0. The number of hydrogen-bond acceptors (Lipinski definition) is 12. The second-order valence-corrected chi connectivity index (χ2v) is 20.1. The van der Waals surface area contributed by atoms with E-state index in [2.05, 4.69) is 87.9 Å². The molecule has 8 heterocycles. The Hall–Kier alpha value is -7.36. The zero-order chi connectivity index (χ0) is 49.5. The molecule has 0 unspecified atom stereocenters. The van der Waals surface area contributed by atoms with E-state index in [0.29, 0.717) is 34.8 Å². The quantitative estimate of drug-likeness (QED) is 0.128. The van der Waals surface area contributed by atoms with Gasteiger partial charge >= 0.3 is 0 Å². The molecule has 10 rings (SSSR count). The molecule has 2 atom stereocenters. The first kappa shape index (κ1) is 47.7. The highest BCUT2D eigenvalue weighted by atomic mass is 16.5.